The second kappa shape index (κ2) is 10.9. The maximum absolute atomic E-state index is 4.34. The van der Waals surface area contributed by atoms with Crippen LogP contribution in [0.5, 0.6) is 0 Å². The molecule has 0 bridgehead atoms. The zero-order valence-corrected chi connectivity index (χ0v) is 15.4. The molecule has 0 radical (unpaired) electrons. The van der Waals surface area contributed by atoms with E-state index in [1.807, 2.05) is 7.05 Å². The van der Waals surface area contributed by atoms with Gasteiger partial charge in [-0.05, 0) is 58.2 Å². The van der Waals surface area contributed by atoms with Gasteiger partial charge in [-0.15, -0.1) is 0 Å². The molecule has 0 aliphatic heterocycles. The van der Waals surface area contributed by atoms with Crippen molar-refractivity contribution in [2.75, 3.05) is 40.8 Å². The Morgan fingerprint density at radius 3 is 2.27 bits per heavy atom. The first-order chi connectivity index (χ1) is 10.6. The molecule has 0 atom stereocenters. The predicted molar refractivity (Wildman–Crippen MR) is 97.6 cm³/mol. The molecule has 1 aliphatic carbocycles. The van der Waals surface area contributed by atoms with E-state index in [2.05, 4.69) is 41.5 Å². The van der Waals surface area contributed by atoms with Gasteiger partial charge in [0.25, 0.3) is 0 Å². The normalized spacial score (nSPS) is 17.4. The minimum absolute atomic E-state index is 0.546. The van der Waals surface area contributed by atoms with Gasteiger partial charge in [0.15, 0.2) is 5.96 Å². The Morgan fingerprint density at radius 2 is 1.73 bits per heavy atom. The van der Waals surface area contributed by atoms with Gasteiger partial charge in [-0.2, -0.15) is 0 Å². The van der Waals surface area contributed by atoms with Crippen molar-refractivity contribution in [1.82, 2.24) is 15.5 Å². The highest BCUT2D eigenvalue weighted by Gasteiger charge is 2.34. The summed E-state index contributed by atoms with van der Waals surface area (Å²) in [6.07, 6.45) is 12.0. The third-order valence-electron chi connectivity index (χ3n) is 5.09. The zero-order valence-electron chi connectivity index (χ0n) is 15.4. The number of aliphatic imine (C=N–C) groups is 1. The lowest BCUT2D eigenvalue weighted by molar-refractivity contribution is 0.131. The Hall–Kier alpha value is -0.770. The van der Waals surface area contributed by atoms with E-state index in [4.69, 9.17) is 0 Å². The Morgan fingerprint density at radius 1 is 1.05 bits per heavy atom. The second-order valence-electron chi connectivity index (χ2n) is 7.13. The summed E-state index contributed by atoms with van der Waals surface area (Å²) in [7, 11) is 6.17. The molecule has 0 saturated heterocycles. The Labute approximate surface area is 138 Å². The van der Waals surface area contributed by atoms with Gasteiger partial charge in [-0.3, -0.25) is 4.99 Å². The molecule has 0 aromatic carbocycles. The summed E-state index contributed by atoms with van der Waals surface area (Å²) >= 11 is 0. The van der Waals surface area contributed by atoms with E-state index in [-0.39, 0.29) is 0 Å². The lowest BCUT2D eigenvalue weighted by Crippen LogP contribution is -2.46. The fraction of sp³-hybridized carbons (Fsp3) is 0.944. The summed E-state index contributed by atoms with van der Waals surface area (Å²) < 4.78 is 0. The average Bonchev–Trinajstić information content (AvgIpc) is 2.46. The first kappa shape index (κ1) is 19.3. The van der Waals surface area contributed by atoms with Crippen molar-refractivity contribution >= 4 is 5.96 Å². The van der Waals surface area contributed by atoms with Crippen LogP contribution in [-0.2, 0) is 0 Å². The smallest absolute Gasteiger partial charge is 0.190 e. The molecule has 22 heavy (non-hydrogen) atoms. The first-order valence-electron chi connectivity index (χ1n) is 9.21. The summed E-state index contributed by atoms with van der Waals surface area (Å²) in [6, 6.07) is 0. The lowest BCUT2D eigenvalue weighted by Gasteiger charge is -2.41. The molecule has 2 N–H and O–H groups in total. The summed E-state index contributed by atoms with van der Waals surface area (Å²) in [5.41, 5.74) is 0.546. The molecule has 1 saturated carbocycles. The van der Waals surface area contributed by atoms with Crippen LogP contribution in [0.3, 0.4) is 0 Å². The third-order valence-corrected chi connectivity index (χ3v) is 5.09. The van der Waals surface area contributed by atoms with Crippen molar-refractivity contribution in [2.24, 2.45) is 10.4 Å². The van der Waals surface area contributed by atoms with E-state index in [0.29, 0.717) is 5.41 Å². The third kappa shape index (κ3) is 7.48. The van der Waals surface area contributed by atoms with Crippen molar-refractivity contribution in [3.05, 3.63) is 0 Å². The molecule has 1 fully saturated rings. The Kier molecular flexibility index (Phi) is 9.53. The molecule has 1 aliphatic rings. The van der Waals surface area contributed by atoms with Crippen molar-refractivity contribution in [3.63, 3.8) is 0 Å². The highest BCUT2D eigenvalue weighted by Crippen LogP contribution is 2.42. The number of guanidine groups is 1. The fourth-order valence-electron chi connectivity index (χ4n) is 3.11. The van der Waals surface area contributed by atoms with Gasteiger partial charge in [0.2, 0.25) is 0 Å². The monoisotopic (exact) mass is 310 g/mol. The van der Waals surface area contributed by atoms with Crippen LogP contribution in [0, 0.1) is 5.41 Å². The van der Waals surface area contributed by atoms with Gasteiger partial charge in [0.05, 0.1) is 0 Å². The number of hydrogen-bond donors (Lipinski definition) is 2. The molecule has 0 amide bonds. The van der Waals surface area contributed by atoms with E-state index < -0.39 is 0 Å². The summed E-state index contributed by atoms with van der Waals surface area (Å²) in [5.74, 6) is 0.979. The van der Waals surface area contributed by atoms with Crippen molar-refractivity contribution in [3.8, 4) is 0 Å². The van der Waals surface area contributed by atoms with E-state index in [1.54, 1.807) is 0 Å². The topological polar surface area (TPSA) is 39.7 Å². The number of rotatable bonds is 11. The number of nitrogens with zero attached hydrogens (tertiary/aromatic N) is 2. The highest BCUT2D eigenvalue weighted by molar-refractivity contribution is 5.79. The molecule has 1 rings (SSSR count). The minimum Gasteiger partial charge on any atom is -0.356 e. The molecule has 130 valence electrons. The summed E-state index contributed by atoms with van der Waals surface area (Å²) in [6.45, 7) is 5.64. The average molecular weight is 311 g/mol. The SMILES string of the molecule is CCC1(CNC(=NC)NCCCCCCCN(C)C)CCC1. The predicted octanol–water partition coefficient (Wildman–Crippen LogP) is 3.24. The van der Waals surface area contributed by atoms with Crippen LogP contribution >= 0.6 is 0 Å². The van der Waals surface area contributed by atoms with Crippen LogP contribution in [0.15, 0.2) is 4.99 Å². The van der Waals surface area contributed by atoms with Crippen molar-refractivity contribution in [2.45, 2.75) is 64.7 Å². The second-order valence-corrected chi connectivity index (χ2v) is 7.13. The van der Waals surface area contributed by atoms with Gasteiger partial charge in [-0.25, -0.2) is 0 Å². The maximum atomic E-state index is 4.34. The van der Waals surface area contributed by atoms with Crippen LogP contribution in [0.2, 0.25) is 0 Å². The van der Waals surface area contributed by atoms with Crippen LogP contribution in [0.1, 0.15) is 64.7 Å². The van der Waals surface area contributed by atoms with Gasteiger partial charge in [-0.1, -0.05) is 32.6 Å². The number of unbranched alkanes of at least 4 members (excludes halogenated alkanes) is 4. The number of hydrogen-bond acceptors (Lipinski definition) is 2. The molecule has 0 aromatic rings. The van der Waals surface area contributed by atoms with Crippen LogP contribution in [0.25, 0.3) is 0 Å². The molecular weight excluding hydrogens is 272 g/mol. The quantitative estimate of drug-likeness (QED) is 0.350. The molecule has 0 heterocycles. The molecule has 0 spiro atoms. The van der Waals surface area contributed by atoms with E-state index in [1.165, 1.54) is 64.3 Å². The van der Waals surface area contributed by atoms with Crippen LogP contribution in [-0.4, -0.2) is 51.6 Å². The maximum Gasteiger partial charge on any atom is 0.190 e. The Bertz CT molecular complexity index is 303. The van der Waals surface area contributed by atoms with Crippen LogP contribution < -0.4 is 10.6 Å². The highest BCUT2D eigenvalue weighted by atomic mass is 15.2. The minimum atomic E-state index is 0.546. The molecular formula is C18H38N4. The molecule has 4 nitrogen and oxygen atoms in total. The first-order valence-corrected chi connectivity index (χ1v) is 9.21. The molecule has 0 aromatic heterocycles. The van der Waals surface area contributed by atoms with Gasteiger partial charge < -0.3 is 15.5 Å². The summed E-state index contributed by atoms with van der Waals surface area (Å²) in [5, 5.41) is 6.97. The molecule has 0 unspecified atom stereocenters. The zero-order chi connectivity index (χ0) is 16.3. The van der Waals surface area contributed by atoms with Gasteiger partial charge >= 0.3 is 0 Å². The summed E-state index contributed by atoms with van der Waals surface area (Å²) in [4.78, 5) is 6.61. The van der Waals surface area contributed by atoms with Gasteiger partial charge in [0.1, 0.15) is 0 Å². The largest absolute Gasteiger partial charge is 0.356 e. The van der Waals surface area contributed by atoms with E-state index in [9.17, 15) is 0 Å². The number of nitrogens with one attached hydrogen (secondary N) is 2. The van der Waals surface area contributed by atoms with E-state index in [0.717, 1.165) is 19.0 Å². The van der Waals surface area contributed by atoms with Gasteiger partial charge in [0, 0.05) is 20.1 Å². The Balaban J connectivity index is 2.00. The van der Waals surface area contributed by atoms with Crippen LogP contribution in [0.4, 0.5) is 0 Å². The van der Waals surface area contributed by atoms with Crippen molar-refractivity contribution < 1.29 is 0 Å². The van der Waals surface area contributed by atoms with E-state index >= 15 is 0 Å². The lowest BCUT2D eigenvalue weighted by atomic mass is 9.67. The van der Waals surface area contributed by atoms with Crippen molar-refractivity contribution in [1.29, 1.82) is 0 Å². The fourth-order valence-corrected chi connectivity index (χ4v) is 3.11. The molecule has 4 heteroatoms. The standard InChI is InChI=1S/C18H38N4/c1-5-18(12-11-13-18)16-21-17(19-2)20-14-9-7-6-8-10-15-22(3)4/h5-16H2,1-4H3,(H2,19,20,21).